The second-order valence-electron chi connectivity index (χ2n) is 3.44. The zero-order valence-corrected chi connectivity index (χ0v) is 8.92. The average Bonchev–Trinajstić information content (AvgIpc) is 2.82. The maximum absolute atomic E-state index is 5.61. The number of aromatic nitrogens is 4. The molecule has 0 aliphatic heterocycles. The van der Waals surface area contributed by atoms with Crippen LogP contribution in [0.1, 0.15) is 17.5 Å². The number of H-pyrrole nitrogens is 1. The van der Waals surface area contributed by atoms with Crippen LogP contribution in [0.15, 0.2) is 24.3 Å². The smallest absolute Gasteiger partial charge is 0.203 e. The molecule has 1 aromatic heterocycles. The van der Waals surface area contributed by atoms with Crippen LogP contribution in [0.25, 0.3) is 0 Å². The highest BCUT2D eigenvalue weighted by molar-refractivity contribution is 5.39. The zero-order chi connectivity index (χ0) is 11.4. The molecule has 0 saturated heterocycles. The third-order valence-corrected chi connectivity index (χ3v) is 2.34. The number of nitrogen functional groups attached to an aromatic ring is 1. The van der Waals surface area contributed by atoms with E-state index in [1.807, 2.05) is 24.3 Å². The zero-order valence-electron chi connectivity index (χ0n) is 8.92. The lowest BCUT2D eigenvalue weighted by atomic mass is 10.1. The number of nitrogens with two attached hydrogens (primary N) is 1. The van der Waals surface area contributed by atoms with Crippen LogP contribution in [0.3, 0.4) is 0 Å². The summed E-state index contributed by atoms with van der Waals surface area (Å²) in [5.74, 6) is 0.555. The summed E-state index contributed by atoms with van der Waals surface area (Å²) in [4.78, 5) is 0. The van der Waals surface area contributed by atoms with Gasteiger partial charge in [0.1, 0.15) is 6.10 Å². The van der Waals surface area contributed by atoms with Crippen molar-refractivity contribution in [1.82, 2.24) is 20.6 Å². The van der Waals surface area contributed by atoms with Crippen molar-refractivity contribution in [1.29, 1.82) is 0 Å². The molecule has 0 radical (unpaired) electrons. The van der Waals surface area contributed by atoms with Crippen molar-refractivity contribution in [3.63, 3.8) is 0 Å². The minimum atomic E-state index is -0.192. The fraction of sp³-hybridized carbons (Fsp3) is 0.300. The largest absolute Gasteiger partial charge is 0.399 e. The third-order valence-electron chi connectivity index (χ3n) is 2.34. The van der Waals surface area contributed by atoms with Crippen molar-refractivity contribution in [3.05, 3.63) is 35.7 Å². The molecule has 0 amide bonds. The highest BCUT2D eigenvalue weighted by Crippen LogP contribution is 2.18. The Kier molecular flexibility index (Phi) is 3.11. The minimum Gasteiger partial charge on any atom is -0.399 e. The van der Waals surface area contributed by atoms with Gasteiger partial charge in [0.25, 0.3) is 0 Å². The molecule has 1 unspecified atom stereocenters. The lowest BCUT2D eigenvalue weighted by Crippen LogP contribution is -2.07. The van der Waals surface area contributed by atoms with Crippen LogP contribution in [0.5, 0.6) is 0 Å². The molecule has 0 aliphatic rings. The molecule has 16 heavy (non-hydrogen) atoms. The van der Waals surface area contributed by atoms with E-state index >= 15 is 0 Å². The molecular weight excluding hydrogens is 206 g/mol. The fourth-order valence-electron chi connectivity index (χ4n) is 1.45. The molecule has 6 heteroatoms. The van der Waals surface area contributed by atoms with Crippen LogP contribution >= 0.6 is 0 Å². The molecule has 0 bridgehead atoms. The summed E-state index contributed by atoms with van der Waals surface area (Å²) in [7, 11) is 1.62. The fourth-order valence-corrected chi connectivity index (χ4v) is 1.45. The second kappa shape index (κ2) is 4.71. The number of hydrogen-bond acceptors (Lipinski definition) is 5. The predicted octanol–water partition coefficient (Wildman–Crippen LogP) is 0.712. The van der Waals surface area contributed by atoms with Crippen LogP contribution in [0.2, 0.25) is 0 Å². The first-order valence-electron chi connectivity index (χ1n) is 4.90. The molecule has 1 atom stereocenters. The average molecular weight is 219 g/mol. The van der Waals surface area contributed by atoms with Crippen LogP contribution in [0.4, 0.5) is 5.69 Å². The summed E-state index contributed by atoms with van der Waals surface area (Å²) < 4.78 is 5.31. The minimum absolute atomic E-state index is 0.192. The van der Waals surface area contributed by atoms with Gasteiger partial charge < -0.3 is 10.5 Å². The Hall–Kier alpha value is -1.95. The van der Waals surface area contributed by atoms with Gasteiger partial charge in [-0.15, -0.1) is 10.2 Å². The number of hydrogen-bond donors (Lipinski definition) is 2. The first-order valence-corrected chi connectivity index (χ1v) is 4.90. The molecule has 0 spiro atoms. The van der Waals surface area contributed by atoms with Gasteiger partial charge in [0.15, 0.2) is 0 Å². The predicted molar refractivity (Wildman–Crippen MR) is 58.5 cm³/mol. The van der Waals surface area contributed by atoms with Gasteiger partial charge in [-0.1, -0.05) is 17.3 Å². The van der Waals surface area contributed by atoms with Gasteiger partial charge in [-0.2, -0.15) is 5.21 Å². The lowest BCUT2D eigenvalue weighted by Gasteiger charge is -2.11. The number of ether oxygens (including phenoxy) is 1. The summed E-state index contributed by atoms with van der Waals surface area (Å²) in [6, 6.07) is 7.64. The summed E-state index contributed by atoms with van der Waals surface area (Å²) in [5, 5.41) is 13.7. The highest BCUT2D eigenvalue weighted by atomic mass is 16.5. The molecule has 0 saturated carbocycles. The number of rotatable bonds is 4. The van der Waals surface area contributed by atoms with E-state index in [0.29, 0.717) is 12.2 Å². The number of nitrogens with zero attached hydrogens (tertiary/aromatic N) is 3. The van der Waals surface area contributed by atoms with E-state index in [1.54, 1.807) is 7.11 Å². The van der Waals surface area contributed by atoms with E-state index in [2.05, 4.69) is 20.6 Å². The quantitative estimate of drug-likeness (QED) is 0.739. The first-order chi connectivity index (χ1) is 7.79. The monoisotopic (exact) mass is 219 g/mol. The van der Waals surface area contributed by atoms with Crippen molar-refractivity contribution in [2.45, 2.75) is 12.5 Å². The van der Waals surface area contributed by atoms with E-state index in [9.17, 15) is 0 Å². The van der Waals surface area contributed by atoms with Gasteiger partial charge in [-0.05, 0) is 17.7 Å². The molecule has 84 valence electrons. The van der Waals surface area contributed by atoms with Crippen molar-refractivity contribution >= 4 is 5.69 Å². The Morgan fingerprint density at radius 3 is 2.69 bits per heavy atom. The Balaban J connectivity index is 2.10. The van der Waals surface area contributed by atoms with Crippen LogP contribution in [-0.2, 0) is 11.2 Å². The molecule has 1 heterocycles. The van der Waals surface area contributed by atoms with Gasteiger partial charge in [0, 0.05) is 19.2 Å². The molecule has 0 aliphatic carbocycles. The number of benzene rings is 1. The van der Waals surface area contributed by atoms with E-state index in [1.165, 1.54) is 0 Å². The number of methoxy groups -OCH3 is 1. The lowest BCUT2D eigenvalue weighted by molar-refractivity contribution is 0.0961. The first kappa shape index (κ1) is 10.6. The van der Waals surface area contributed by atoms with Crippen molar-refractivity contribution in [3.8, 4) is 0 Å². The van der Waals surface area contributed by atoms with E-state index in [-0.39, 0.29) is 6.10 Å². The topological polar surface area (TPSA) is 89.7 Å². The second-order valence-corrected chi connectivity index (χ2v) is 3.44. The molecule has 2 rings (SSSR count). The maximum Gasteiger partial charge on any atom is 0.203 e. The summed E-state index contributed by atoms with van der Waals surface area (Å²) >= 11 is 0. The van der Waals surface area contributed by atoms with Crippen LogP contribution < -0.4 is 5.73 Å². The van der Waals surface area contributed by atoms with Crippen molar-refractivity contribution in [2.24, 2.45) is 0 Å². The summed E-state index contributed by atoms with van der Waals surface area (Å²) in [6.07, 6.45) is 0.499. The third kappa shape index (κ3) is 2.34. The Morgan fingerprint density at radius 2 is 2.12 bits per heavy atom. The van der Waals surface area contributed by atoms with Gasteiger partial charge in [-0.3, -0.25) is 0 Å². The van der Waals surface area contributed by atoms with Crippen molar-refractivity contribution in [2.75, 3.05) is 12.8 Å². The van der Waals surface area contributed by atoms with Crippen LogP contribution in [0, 0.1) is 0 Å². The normalized spacial score (nSPS) is 12.6. The Labute approximate surface area is 92.8 Å². The summed E-state index contributed by atoms with van der Waals surface area (Å²) in [5.41, 5.74) is 7.48. The van der Waals surface area contributed by atoms with E-state index in [0.717, 1.165) is 11.3 Å². The van der Waals surface area contributed by atoms with Gasteiger partial charge in [-0.25, -0.2) is 0 Å². The Bertz CT molecular complexity index is 425. The van der Waals surface area contributed by atoms with Gasteiger partial charge in [0.05, 0.1) is 0 Å². The molecule has 2 aromatic rings. The number of tetrazole rings is 1. The molecule has 3 N–H and O–H groups in total. The molecular formula is C10H13N5O. The van der Waals surface area contributed by atoms with Crippen molar-refractivity contribution < 1.29 is 4.74 Å². The maximum atomic E-state index is 5.61. The number of nitrogens with one attached hydrogen (secondary N) is 1. The Morgan fingerprint density at radius 1 is 1.38 bits per heavy atom. The molecule has 6 nitrogen and oxygen atoms in total. The highest BCUT2D eigenvalue weighted by Gasteiger charge is 2.15. The van der Waals surface area contributed by atoms with E-state index < -0.39 is 0 Å². The molecule has 0 fully saturated rings. The van der Waals surface area contributed by atoms with Gasteiger partial charge >= 0.3 is 0 Å². The van der Waals surface area contributed by atoms with E-state index in [4.69, 9.17) is 10.5 Å². The summed E-state index contributed by atoms with van der Waals surface area (Å²) in [6.45, 7) is 0. The number of aromatic amines is 1. The standard InChI is InChI=1S/C10H13N5O/c1-16-9(10-12-14-15-13-10)6-7-2-4-8(11)5-3-7/h2-5,9H,6,11H2,1H3,(H,12,13,14,15). The SMILES string of the molecule is COC(Cc1ccc(N)cc1)c1nn[nH]n1. The van der Waals surface area contributed by atoms with Gasteiger partial charge in [0.2, 0.25) is 5.82 Å². The molecule has 1 aromatic carbocycles. The van der Waals surface area contributed by atoms with Crippen LogP contribution in [-0.4, -0.2) is 27.7 Å². The number of anilines is 1.